The van der Waals surface area contributed by atoms with Crippen molar-refractivity contribution in [3.8, 4) is 5.75 Å². The Kier molecular flexibility index (Phi) is 9.60. The van der Waals surface area contributed by atoms with Crippen LogP contribution >= 0.6 is 11.3 Å². The normalized spacial score (nSPS) is 14.5. The van der Waals surface area contributed by atoms with E-state index in [-0.39, 0.29) is 13.2 Å². The van der Waals surface area contributed by atoms with E-state index in [4.69, 9.17) is 9.84 Å². The fraction of sp³-hybridized carbons (Fsp3) is 0.519. The maximum atomic E-state index is 11.2. The molecular weight excluding hydrogens is 462 g/mol. The van der Waals surface area contributed by atoms with Gasteiger partial charge in [-0.1, -0.05) is 20.8 Å². The first-order valence-corrected chi connectivity index (χ1v) is 13.1. The number of carbonyl (C=O) groups excluding carboxylic acids is 1. The van der Waals surface area contributed by atoms with Gasteiger partial charge in [0.15, 0.2) is 0 Å². The van der Waals surface area contributed by atoms with Crippen molar-refractivity contribution >= 4 is 28.7 Å². The van der Waals surface area contributed by atoms with Crippen molar-refractivity contribution in [1.82, 2.24) is 5.32 Å². The first-order valence-electron chi connectivity index (χ1n) is 12.3. The Balaban J connectivity index is 1.72. The van der Waals surface area contributed by atoms with Crippen molar-refractivity contribution in [2.75, 3.05) is 19.8 Å². The number of aliphatic hydroxyl groups is 2. The molecule has 0 radical (unpaired) electrons. The Morgan fingerprint density at radius 1 is 1.14 bits per heavy atom. The molecule has 0 spiro atoms. The summed E-state index contributed by atoms with van der Waals surface area (Å²) >= 11 is 1.84. The minimum atomic E-state index is -0.869. The number of benzene rings is 1. The summed E-state index contributed by atoms with van der Waals surface area (Å²) in [5.74, 6) is 0.857. The Morgan fingerprint density at radius 2 is 1.86 bits per heavy atom. The van der Waals surface area contributed by atoms with Gasteiger partial charge < -0.3 is 20.3 Å². The minimum absolute atomic E-state index is 0.0256. The molecule has 0 bridgehead atoms. The number of hydrogen-bond acceptors (Lipinski definition) is 7. The van der Waals surface area contributed by atoms with E-state index < -0.39 is 18.6 Å². The van der Waals surface area contributed by atoms with Crippen LogP contribution in [0.2, 0.25) is 0 Å². The molecule has 0 fully saturated rings. The van der Waals surface area contributed by atoms with Gasteiger partial charge in [0, 0.05) is 11.4 Å². The van der Waals surface area contributed by atoms with Crippen LogP contribution in [0.25, 0.3) is 0 Å². The summed E-state index contributed by atoms with van der Waals surface area (Å²) in [5, 5.41) is 30.5. The summed E-state index contributed by atoms with van der Waals surface area (Å²) in [4.78, 5) is 13.8. The molecule has 0 unspecified atom stereocenters. The number of amides is 1. The zero-order valence-corrected chi connectivity index (χ0v) is 22.2. The number of aliphatic hydroxyl groups excluding tert-OH is 2. The van der Waals surface area contributed by atoms with Crippen LogP contribution in [0.3, 0.4) is 0 Å². The van der Waals surface area contributed by atoms with E-state index in [0.29, 0.717) is 5.92 Å². The predicted octanol–water partition coefficient (Wildman–Crippen LogP) is 3.96. The van der Waals surface area contributed by atoms with E-state index in [1.807, 2.05) is 18.3 Å². The molecule has 1 aliphatic heterocycles. The fourth-order valence-corrected chi connectivity index (χ4v) is 5.47. The SMILES string of the molecule is CCc1cc(C2=NN=C(c3cc(C)c(CC(C)C)s3)CC2)cc(C)c1OC[C@@H](O)CNC(=O)CO. The quantitative estimate of drug-likeness (QED) is 0.435. The fourth-order valence-electron chi connectivity index (χ4n) is 4.08. The second-order valence-corrected chi connectivity index (χ2v) is 10.6. The molecule has 1 amide bonds. The van der Waals surface area contributed by atoms with Gasteiger partial charge in [0.05, 0.1) is 16.3 Å². The molecule has 1 aromatic heterocycles. The topological polar surface area (TPSA) is 104 Å². The number of nitrogens with zero attached hydrogens (tertiary/aromatic N) is 2. The molecule has 0 saturated heterocycles. The molecular formula is C27H37N3O4S. The highest BCUT2D eigenvalue weighted by Crippen LogP contribution is 2.30. The molecule has 0 aliphatic carbocycles. The van der Waals surface area contributed by atoms with E-state index in [9.17, 15) is 9.90 Å². The molecule has 1 aromatic carbocycles. The number of hydrogen-bond donors (Lipinski definition) is 3. The van der Waals surface area contributed by atoms with Crippen LogP contribution in [0, 0.1) is 19.8 Å². The van der Waals surface area contributed by atoms with Gasteiger partial charge in [-0.15, -0.1) is 11.3 Å². The summed E-state index contributed by atoms with van der Waals surface area (Å²) in [6.07, 6.45) is 2.70. The predicted molar refractivity (Wildman–Crippen MR) is 142 cm³/mol. The highest BCUT2D eigenvalue weighted by atomic mass is 32.1. The summed E-state index contributed by atoms with van der Waals surface area (Å²) < 4.78 is 5.91. The van der Waals surface area contributed by atoms with Crippen LogP contribution in [0.5, 0.6) is 5.75 Å². The molecule has 1 aliphatic rings. The average Bonchev–Trinajstić information content (AvgIpc) is 3.20. The van der Waals surface area contributed by atoms with E-state index in [0.717, 1.165) is 59.5 Å². The average molecular weight is 500 g/mol. The summed E-state index contributed by atoms with van der Waals surface area (Å²) in [6, 6.07) is 6.40. The standard InChI is InChI=1S/C27H37N3O4S/c1-6-19-12-20(10-18(5)27(19)34-15-21(32)13-28-26(33)14-31)22-7-8-23(30-29-22)25-11-17(4)24(35-25)9-16(2)3/h10-12,16,21,31-32H,6-9,13-15H2,1-5H3,(H,28,33)/t21-/m0/s1. The molecule has 3 N–H and O–H groups in total. The van der Waals surface area contributed by atoms with E-state index in [2.05, 4.69) is 61.4 Å². The number of carbonyl (C=O) groups is 1. The third kappa shape index (κ3) is 7.22. The lowest BCUT2D eigenvalue weighted by Gasteiger charge is -2.19. The van der Waals surface area contributed by atoms with Crippen LogP contribution < -0.4 is 10.1 Å². The smallest absolute Gasteiger partial charge is 0.245 e. The second-order valence-electron chi connectivity index (χ2n) is 9.47. The lowest BCUT2D eigenvalue weighted by atomic mass is 9.96. The summed E-state index contributed by atoms with van der Waals surface area (Å²) in [7, 11) is 0. The minimum Gasteiger partial charge on any atom is -0.490 e. The molecule has 190 valence electrons. The molecule has 7 nitrogen and oxygen atoms in total. The monoisotopic (exact) mass is 499 g/mol. The maximum absolute atomic E-state index is 11.2. The zero-order valence-electron chi connectivity index (χ0n) is 21.4. The summed E-state index contributed by atoms with van der Waals surface area (Å²) in [5.41, 5.74) is 6.43. The lowest BCUT2D eigenvalue weighted by Crippen LogP contribution is -2.36. The highest BCUT2D eigenvalue weighted by Gasteiger charge is 2.19. The van der Waals surface area contributed by atoms with Gasteiger partial charge in [-0.2, -0.15) is 10.2 Å². The van der Waals surface area contributed by atoms with Crippen molar-refractivity contribution in [2.24, 2.45) is 16.1 Å². The number of aryl methyl sites for hydroxylation is 3. The molecule has 35 heavy (non-hydrogen) atoms. The van der Waals surface area contributed by atoms with Crippen LogP contribution in [-0.2, 0) is 17.6 Å². The summed E-state index contributed by atoms with van der Waals surface area (Å²) in [6.45, 7) is 10.2. The van der Waals surface area contributed by atoms with Crippen LogP contribution in [-0.4, -0.2) is 53.4 Å². The Bertz CT molecular complexity index is 1100. The molecule has 1 atom stereocenters. The zero-order chi connectivity index (χ0) is 25.5. The van der Waals surface area contributed by atoms with Gasteiger partial charge in [0.2, 0.25) is 5.91 Å². The highest BCUT2D eigenvalue weighted by molar-refractivity contribution is 7.14. The first-order chi connectivity index (χ1) is 16.7. The molecule has 2 heterocycles. The lowest BCUT2D eigenvalue weighted by molar-refractivity contribution is -0.124. The third-order valence-electron chi connectivity index (χ3n) is 5.95. The van der Waals surface area contributed by atoms with Crippen molar-refractivity contribution in [1.29, 1.82) is 0 Å². The molecule has 0 saturated carbocycles. The molecule has 2 aromatic rings. The second kappa shape index (κ2) is 12.4. The number of thiophene rings is 1. The Labute approximate surface area is 212 Å². The van der Waals surface area contributed by atoms with E-state index >= 15 is 0 Å². The van der Waals surface area contributed by atoms with Gasteiger partial charge in [0.1, 0.15) is 25.1 Å². The number of ether oxygens (including phenoxy) is 1. The Morgan fingerprint density at radius 3 is 2.49 bits per heavy atom. The van der Waals surface area contributed by atoms with Gasteiger partial charge in [-0.3, -0.25) is 4.79 Å². The number of nitrogens with one attached hydrogen (secondary N) is 1. The van der Waals surface area contributed by atoms with E-state index in [1.165, 1.54) is 15.3 Å². The number of rotatable bonds is 11. The van der Waals surface area contributed by atoms with Gasteiger partial charge in [0.25, 0.3) is 0 Å². The van der Waals surface area contributed by atoms with Crippen molar-refractivity contribution < 1.29 is 19.7 Å². The van der Waals surface area contributed by atoms with Crippen molar-refractivity contribution in [3.63, 3.8) is 0 Å². The van der Waals surface area contributed by atoms with Gasteiger partial charge in [-0.25, -0.2) is 0 Å². The van der Waals surface area contributed by atoms with Crippen molar-refractivity contribution in [2.45, 2.75) is 66.4 Å². The van der Waals surface area contributed by atoms with Gasteiger partial charge >= 0.3 is 0 Å². The molecule has 3 rings (SSSR count). The Hall–Kier alpha value is -2.55. The van der Waals surface area contributed by atoms with E-state index in [1.54, 1.807) is 0 Å². The van der Waals surface area contributed by atoms with Crippen LogP contribution in [0.15, 0.2) is 28.4 Å². The first kappa shape index (κ1) is 27.0. The largest absolute Gasteiger partial charge is 0.490 e. The third-order valence-corrected chi connectivity index (χ3v) is 7.26. The molecule has 8 heteroatoms. The maximum Gasteiger partial charge on any atom is 0.245 e. The van der Waals surface area contributed by atoms with Gasteiger partial charge in [-0.05, 0) is 85.9 Å². The van der Waals surface area contributed by atoms with Crippen molar-refractivity contribution in [3.05, 3.63) is 50.2 Å². The van der Waals surface area contributed by atoms with Crippen LogP contribution in [0.1, 0.15) is 65.6 Å². The van der Waals surface area contributed by atoms with Crippen LogP contribution in [0.4, 0.5) is 0 Å².